The van der Waals surface area contributed by atoms with E-state index in [9.17, 15) is 0 Å². The van der Waals surface area contributed by atoms with Crippen LogP contribution in [0.1, 0.15) is 33.1 Å². The normalized spacial score (nSPS) is 12.5. The van der Waals surface area contributed by atoms with Crippen molar-refractivity contribution in [2.45, 2.75) is 33.1 Å². The van der Waals surface area contributed by atoms with E-state index in [-0.39, 0.29) is 5.92 Å². The fourth-order valence-electron chi connectivity index (χ4n) is 0.752. The highest BCUT2D eigenvalue weighted by Crippen LogP contribution is 1.97. The van der Waals surface area contributed by atoms with Gasteiger partial charge in [-0.15, -0.1) is 0 Å². The van der Waals surface area contributed by atoms with Crippen molar-refractivity contribution >= 4 is 0 Å². The molecular formula is C9H17NO. The van der Waals surface area contributed by atoms with Crippen molar-refractivity contribution in [2.24, 2.45) is 5.92 Å². The van der Waals surface area contributed by atoms with Gasteiger partial charge in [-0.25, -0.2) is 0 Å². The van der Waals surface area contributed by atoms with Crippen molar-refractivity contribution in [1.29, 1.82) is 5.26 Å². The van der Waals surface area contributed by atoms with E-state index < -0.39 is 0 Å². The van der Waals surface area contributed by atoms with E-state index in [1.807, 2.05) is 6.92 Å². The molecular weight excluding hydrogens is 138 g/mol. The molecule has 0 saturated carbocycles. The van der Waals surface area contributed by atoms with Crippen molar-refractivity contribution in [2.75, 3.05) is 13.2 Å². The van der Waals surface area contributed by atoms with Gasteiger partial charge >= 0.3 is 0 Å². The second-order valence-corrected chi connectivity index (χ2v) is 2.81. The molecule has 11 heavy (non-hydrogen) atoms. The van der Waals surface area contributed by atoms with Gasteiger partial charge in [0.05, 0.1) is 18.6 Å². The van der Waals surface area contributed by atoms with Gasteiger partial charge in [0.2, 0.25) is 0 Å². The summed E-state index contributed by atoms with van der Waals surface area (Å²) in [6, 6.07) is 2.13. The van der Waals surface area contributed by atoms with E-state index >= 15 is 0 Å². The quantitative estimate of drug-likeness (QED) is 0.551. The molecule has 0 saturated heterocycles. The first-order valence-electron chi connectivity index (χ1n) is 4.28. The van der Waals surface area contributed by atoms with Gasteiger partial charge in [-0.2, -0.15) is 5.26 Å². The van der Waals surface area contributed by atoms with Crippen LogP contribution < -0.4 is 0 Å². The van der Waals surface area contributed by atoms with Crippen LogP contribution in [-0.2, 0) is 4.74 Å². The predicted molar refractivity (Wildman–Crippen MR) is 45.1 cm³/mol. The number of unbranched alkanes of at least 4 members (excludes halogenated alkanes) is 2. The second kappa shape index (κ2) is 7.56. The average molecular weight is 155 g/mol. The van der Waals surface area contributed by atoms with Gasteiger partial charge in [0, 0.05) is 6.61 Å². The lowest BCUT2D eigenvalue weighted by molar-refractivity contribution is 0.115. The van der Waals surface area contributed by atoms with E-state index in [4.69, 9.17) is 10.00 Å². The minimum atomic E-state index is 0.0385. The summed E-state index contributed by atoms with van der Waals surface area (Å²) in [7, 11) is 0. The highest BCUT2D eigenvalue weighted by molar-refractivity contribution is 4.77. The molecule has 0 aromatic heterocycles. The van der Waals surface area contributed by atoms with Gasteiger partial charge in [-0.05, 0) is 13.3 Å². The molecule has 0 amide bonds. The van der Waals surface area contributed by atoms with Crippen LogP contribution in [0.5, 0.6) is 0 Å². The van der Waals surface area contributed by atoms with Gasteiger partial charge in [0.25, 0.3) is 0 Å². The first kappa shape index (κ1) is 10.4. The third kappa shape index (κ3) is 7.35. The van der Waals surface area contributed by atoms with Crippen LogP contribution in [0.2, 0.25) is 0 Å². The zero-order valence-electron chi connectivity index (χ0n) is 7.47. The Morgan fingerprint density at radius 2 is 2.18 bits per heavy atom. The second-order valence-electron chi connectivity index (χ2n) is 2.81. The average Bonchev–Trinajstić information content (AvgIpc) is 2.04. The molecule has 1 atom stereocenters. The van der Waals surface area contributed by atoms with E-state index in [2.05, 4.69) is 13.0 Å². The van der Waals surface area contributed by atoms with Crippen LogP contribution in [-0.4, -0.2) is 13.2 Å². The summed E-state index contributed by atoms with van der Waals surface area (Å²) in [6.45, 7) is 5.43. The molecule has 0 spiro atoms. The number of ether oxygens (including phenoxy) is 1. The lowest BCUT2D eigenvalue weighted by Gasteiger charge is -2.03. The summed E-state index contributed by atoms with van der Waals surface area (Å²) in [5.41, 5.74) is 0. The summed E-state index contributed by atoms with van der Waals surface area (Å²) in [5.74, 6) is 0.0385. The molecule has 2 heteroatoms. The molecule has 0 aliphatic heterocycles. The third-order valence-electron chi connectivity index (χ3n) is 1.48. The van der Waals surface area contributed by atoms with Gasteiger partial charge in [0.15, 0.2) is 0 Å². The van der Waals surface area contributed by atoms with Crippen LogP contribution in [0.4, 0.5) is 0 Å². The van der Waals surface area contributed by atoms with Gasteiger partial charge in [-0.1, -0.05) is 19.8 Å². The van der Waals surface area contributed by atoms with E-state index in [0.717, 1.165) is 13.0 Å². The van der Waals surface area contributed by atoms with Crippen molar-refractivity contribution in [1.82, 2.24) is 0 Å². The third-order valence-corrected chi connectivity index (χ3v) is 1.48. The topological polar surface area (TPSA) is 33.0 Å². The maximum atomic E-state index is 8.41. The Kier molecular flexibility index (Phi) is 7.18. The smallest absolute Gasteiger partial charge is 0.0677 e. The summed E-state index contributed by atoms with van der Waals surface area (Å²) in [6.07, 6.45) is 3.56. The SMILES string of the molecule is CCCCCOCC(C)C#N. The molecule has 2 nitrogen and oxygen atoms in total. The first-order chi connectivity index (χ1) is 5.31. The maximum Gasteiger partial charge on any atom is 0.0677 e. The Morgan fingerprint density at radius 1 is 1.45 bits per heavy atom. The largest absolute Gasteiger partial charge is 0.380 e. The molecule has 0 fully saturated rings. The van der Waals surface area contributed by atoms with E-state index in [1.54, 1.807) is 0 Å². The van der Waals surface area contributed by atoms with E-state index in [0.29, 0.717) is 6.61 Å². The molecule has 0 bridgehead atoms. The molecule has 0 rings (SSSR count). The van der Waals surface area contributed by atoms with Crippen molar-refractivity contribution in [3.63, 3.8) is 0 Å². The highest BCUT2D eigenvalue weighted by Gasteiger charge is 1.97. The van der Waals surface area contributed by atoms with Crippen LogP contribution >= 0.6 is 0 Å². The molecule has 1 unspecified atom stereocenters. The Bertz CT molecular complexity index is 117. The number of nitrogens with zero attached hydrogens (tertiary/aromatic N) is 1. The zero-order valence-corrected chi connectivity index (χ0v) is 7.47. The van der Waals surface area contributed by atoms with Crippen LogP contribution in [0, 0.1) is 17.2 Å². The molecule has 0 heterocycles. The zero-order chi connectivity index (χ0) is 8.53. The molecule has 64 valence electrons. The number of hydrogen-bond donors (Lipinski definition) is 0. The van der Waals surface area contributed by atoms with Crippen LogP contribution in [0.3, 0.4) is 0 Å². The molecule has 0 aliphatic carbocycles. The number of nitriles is 1. The fraction of sp³-hybridized carbons (Fsp3) is 0.889. The highest BCUT2D eigenvalue weighted by atomic mass is 16.5. The minimum Gasteiger partial charge on any atom is -0.380 e. The van der Waals surface area contributed by atoms with Crippen LogP contribution in [0.25, 0.3) is 0 Å². The fourth-order valence-corrected chi connectivity index (χ4v) is 0.752. The summed E-state index contributed by atoms with van der Waals surface area (Å²) < 4.78 is 5.27. The molecule has 0 N–H and O–H groups in total. The number of rotatable bonds is 6. The van der Waals surface area contributed by atoms with Gasteiger partial charge < -0.3 is 4.74 Å². The molecule has 0 aromatic rings. The monoisotopic (exact) mass is 155 g/mol. The minimum absolute atomic E-state index is 0.0385. The standard InChI is InChI=1S/C9H17NO/c1-3-4-5-6-11-8-9(2)7-10/h9H,3-6,8H2,1-2H3. The lowest BCUT2D eigenvalue weighted by Crippen LogP contribution is -2.04. The van der Waals surface area contributed by atoms with E-state index in [1.165, 1.54) is 12.8 Å². The van der Waals surface area contributed by atoms with Crippen LogP contribution in [0.15, 0.2) is 0 Å². The summed E-state index contributed by atoms with van der Waals surface area (Å²) in [5, 5.41) is 8.41. The predicted octanol–water partition coefficient (Wildman–Crippen LogP) is 2.35. The van der Waals surface area contributed by atoms with Crippen molar-refractivity contribution in [3.8, 4) is 6.07 Å². The Hall–Kier alpha value is -0.550. The maximum absolute atomic E-state index is 8.41. The summed E-state index contributed by atoms with van der Waals surface area (Å²) >= 11 is 0. The Morgan fingerprint density at radius 3 is 2.73 bits per heavy atom. The Labute approximate surface area is 69.2 Å². The first-order valence-corrected chi connectivity index (χ1v) is 4.28. The van der Waals surface area contributed by atoms with Gasteiger partial charge in [-0.3, -0.25) is 0 Å². The molecule has 0 aliphatic rings. The van der Waals surface area contributed by atoms with Gasteiger partial charge in [0.1, 0.15) is 0 Å². The van der Waals surface area contributed by atoms with Crippen molar-refractivity contribution < 1.29 is 4.74 Å². The Balaban J connectivity index is 2.97. The summed E-state index contributed by atoms with van der Waals surface area (Å²) in [4.78, 5) is 0. The van der Waals surface area contributed by atoms with Crippen molar-refractivity contribution in [3.05, 3.63) is 0 Å². The molecule has 0 aromatic carbocycles. The number of hydrogen-bond acceptors (Lipinski definition) is 2. The molecule has 0 radical (unpaired) electrons. The lowest BCUT2D eigenvalue weighted by atomic mass is 10.2.